The zero-order valence-electron chi connectivity index (χ0n) is 31.5. The molecule has 0 spiro atoms. The first-order valence-electron chi connectivity index (χ1n) is 18.6. The molecule has 14 heteroatoms. The minimum atomic E-state index is -3.97. The van der Waals surface area contributed by atoms with Crippen molar-refractivity contribution in [3.05, 3.63) is 167 Å². The summed E-state index contributed by atoms with van der Waals surface area (Å²) in [5, 5.41) is 25.6. The lowest BCUT2D eigenvalue weighted by Crippen LogP contribution is -2.47. The molecule has 0 radical (unpaired) electrons. The second-order valence-electron chi connectivity index (χ2n) is 14.0. The standard InChI is InChI=1S/C43H44N6O6S2/c1-29-13-23-37(24-14-29)57(52,53)46-38(25-31-9-5-3-6-10-31)41(51)44-26-32-15-21-35(22-16-32)42-54-39(30(2)40(55-42)34-19-17-33(27-50)18-20-34)28-56-43-45-47-48-49(43)36-11-7-4-8-12-36/h3-24,30,38-40,42,46,50H,25-28H2,1-2H3,(H,44,51)/t30-,38-,39+,40+,42+/m1/s1. The summed E-state index contributed by atoms with van der Waals surface area (Å²) in [7, 11) is -3.97. The number of carbonyl (C=O) groups excluding carboxylic acids is 1. The molecule has 1 fully saturated rings. The zero-order valence-corrected chi connectivity index (χ0v) is 33.1. The van der Waals surface area contributed by atoms with Gasteiger partial charge in [-0.15, -0.1) is 5.10 Å². The molecular weight excluding hydrogens is 761 g/mol. The van der Waals surface area contributed by atoms with E-state index in [1.54, 1.807) is 16.8 Å². The molecule has 3 N–H and O–H groups in total. The van der Waals surface area contributed by atoms with Crippen molar-refractivity contribution in [1.82, 2.24) is 30.2 Å². The molecule has 5 aromatic carbocycles. The van der Waals surface area contributed by atoms with Gasteiger partial charge in [0.25, 0.3) is 0 Å². The molecule has 2 heterocycles. The van der Waals surface area contributed by atoms with Crippen molar-refractivity contribution in [2.45, 2.75) is 68.0 Å². The van der Waals surface area contributed by atoms with Crippen LogP contribution in [0.3, 0.4) is 0 Å². The molecule has 1 aliphatic rings. The van der Waals surface area contributed by atoms with Crippen LogP contribution in [0.4, 0.5) is 0 Å². The normalized spacial score (nSPS) is 18.9. The molecule has 1 aliphatic heterocycles. The van der Waals surface area contributed by atoms with Crippen LogP contribution in [0.5, 0.6) is 0 Å². The van der Waals surface area contributed by atoms with Crippen LogP contribution in [0.1, 0.15) is 52.7 Å². The van der Waals surface area contributed by atoms with Gasteiger partial charge < -0.3 is 19.9 Å². The number of hydrogen-bond acceptors (Lipinski definition) is 10. The van der Waals surface area contributed by atoms with Crippen molar-refractivity contribution >= 4 is 27.7 Å². The van der Waals surface area contributed by atoms with Gasteiger partial charge in [-0.3, -0.25) is 4.79 Å². The van der Waals surface area contributed by atoms with Gasteiger partial charge >= 0.3 is 0 Å². The van der Waals surface area contributed by atoms with Crippen LogP contribution in [-0.2, 0) is 43.9 Å². The second-order valence-corrected chi connectivity index (χ2v) is 16.7. The number of rotatable bonds is 15. The summed E-state index contributed by atoms with van der Waals surface area (Å²) >= 11 is 1.51. The molecule has 7 rings (SSSR count). The number of hydrogen-bond donors (Lipinski definition) is 3. The minimum absolute atomic E-state index is 0.0449. The van der Waals surface area contributed by atoms with Crippen molar-refractivity contribution in [1.29, 1.82) is 0 Å². The Morgan fingerprint density at radius 2 is 1.47 bits per heavy atom. The number of aryl methyl sites for hydroxylation is 1. The molecule has 6 aromatic rings. The Morgan fingerprint density at radius 1 is 0.825 bits per heavy atom. The van der Waals surface area contributed by atoms with Crippen molar-refractivity contribution in [3.63, 3.8) is 0 Å². The molecule has 1 aromatic heterocycles. The zero-order chi connectivity index (χ0) is 39.8. The molecule has 1 amide bonds. The number of aromatic nitrogens is 4. The van der Waals surface area contributed by atoms with Gasteiger partial charge in [0, 0.05) is 23.8 Å². The van der Waals surface area contributed by atoms with E-state index in [0.717, 1.165) is 39.1 Å². The van der Waals surface area contributed by atoms with Gasteiger partial charge in [0.1, 0.15) is 6.04 Å². The average Bonchev–Trinajstić information content (AvgIpc) is 3.72. The monoisotopic (exact) mass is 804 g/mol. The molecule has 0 aliphatic carbocycles. The predicted octanol–water partition coefficient (Wildman–Crippen LogP) is 6.25. The molecular formula is C43H44N6O6S2. The highest BCUT2D eigenvalue weighted by atomic mass is 32.2. The predicted molar refractivity (Wildman–Crippen MR) is 217 cm³/mol. The lowest BCUT2D eigenvalue weighted by Gasteiger charge is -2.41. The summed E-state index contributed by atoms with van der Waals surface area (Å²) in [5.41, 5.74) is 6.01. The summed E-state index contributed by atoms with van der Waals surface area (Å²) in [5.74, 6) is 0.0678. The molecule has 294 valence electrons. The van der Waals surface area contributed by atoms with Crippen LogP contribution in [0.25, 0.3) is 5.69 Å². The summed E-state index contributed by atoms with van der Waals surface area (Å²) in [6.07, 6.45) is -1.08. The number of ether oxygens (including phenoxy) is 2. The van der Waals surface area contributed by atoms with Crippen molar-refractivity contribution in [2.24, 2.45) is 5.92 Å². The van der Waals surface area contributed by atoms with E-state index >= 15 is 0 Å². The van der Waals surface area contributed by atoms with E-state index < -0.39 is 28.3 Å². The van der Waals surface area contributed by atoms with Gasteiger partial charge in [-0.1, -0.05) is 133 Å². The Morgan fingerprint density at radius 3 is 2.16 bits per heavy atom. The number of sulfonamides is 1. The highest BCUT2D eigenvalue weighted by molar-refractivity contribution is 7.99. The maximum Gasteiger partial charge on any atom is 0.241 e. The third kappa shape index (κ3) is 10.0. The number of aliphatic hydroxyl groups is 1. The van der Waals surface area contributed by atoms with Crippen molar-refractivity contribution in [3.8, 4) is 5.69 Å². The molecule has 0 unspecified atom stereocenters. The smallest absolute Gasteiger partial charge is 0.241 e. The third-order valence-corrected chi connectivity index (χ3v) is 12.4. The van der Waals surface area contributed by atoms with E-state index in [1.807, 2.05) is 116 Å². The average molecular weight is 805 g/mol. The van der Waals surface area contributed by atoms with Crippen LogP contribution in [0.2, 0.25) is 0 Å². The van der Waals surface area contributed by atoms with E-state index in [2.05, 4.69) is 32.5 Å². The Balaban J connectivity index is 1.05. The number of nitrogens with one attached hydrogen (secondary N) is 2. The number of amides is 1. The van der Waals surface area contributed by atoms with Gasteiger partial charge in [-0.25, -0.2) is 8.42 Å². The van der Waals surface area contributed by atoms with E-state index in [-0.39, 0.29) is 42.6 Å². The first kappa shape index (κ1) is 40.0. The highest BCUT2D eigenvalue weighted by Crippen LogP contribution is 2.43. The number of benzene rings is 5. The number of carbonyl (C=O) groups is 1. The molecule has 57 heavy (non-hydrogen) atoms. The summed E-state index contributed by atoms with van der Waals surface area (Å²) < 4.78 is 44.3. The van der Waals surface area contributed by atoms with E-state index in [4.69, 9.17) is 9.47 Å². The minimum Gasteiger partial charge on any atom is -0.392 e. The SMILES string of the molecule is Cc1ccc(S(=O)(=O)N[C@H](Cc2ccccc2)C(=O)NCc2ccc([C@H]3O[C@@H](CSc4nnnn4-c4ccccc4)[C@@H](C)[C@@H](c4ccc(CO)cc4)O3)cc2)cc1. The quantitative estimate of drug-likeness (QED) is 0.101. The first-order valence-corrected chi connectivity index (χ1v) is 21.1. The fourth-order valence-corrected chi connectivity index (χ4v) is 8.83. The Labute approximate surface area is 336 Å². The Bertz CT molecular complexity index is 2330. The largest absolute Gasteiger partial charge is 0.392 e. The van der Waals surface area contributed by atoms with Gasteiger partial charge in [0.05, 0.1) is 29.4 Å². The van der Waals surface area contributed by atoms with Crippen LogP contribution in [0, 0.1) is 12.8 Å². The molecule has 5 atom stereocenters. The number of thioether (sulfide) groups is 1. The maximum absolute atomic E-state index is 13.6. The molecule has 12 nitrogen and oxygen atoms in total. The van der Waals surface area contributed by atoms with Gasteiger partial charge in [0.15, 0.2) is 6.29 Å². The van der Waals surface area contributed by atoms with E-state index in [0.29, 0.717) is 10.9 Å². The van der Waals surface area contributed by atoms with E-state index in [1.165, 1.54) is 23.9 Å². The van der Waals surface area contributed by atoms with Gasteiger partial charge in [0.2, 0.25) is 21.1 Å². The maximum atomic E-state index is 13.6. The van der Waals surface area contributed by atoms with Gasteiger partial charge in [-0.05, 0) is 70.3 Å². The number of para-hydroxylation sites is 1. The highest BCUT2D eigenvalue weighted by Gasteiger charge is 2.38. The summed E-state index contributed by atoms with van der Waals surface area (Å²) in [6.45, 7) is 4.11. The third-order valence-electron chi connectivity index (χ3n) is 9.89. The summed E-state index contributed by atoms with van der Waals surface area (Å²) in [4.78, 5) is 13.7. The van der Waals surface area contributed by atoms with Crippen LogP contribution >= 0.6 is 11.8 Å². The number of tetrazole rings is 1. The number of nitrogens with zero attached hydrogens (tertiary/aromatic N) is 4. The number of aliphatic hydroxyl groups excluding tert-OH is 1. The van der Waals surface area contributed by atoms with Crippen LogP contribution in [0.15, 0.2) is 144 Å². The molecule has 0 bridgehead atoms. The lowest BCUT2D eigenvalue weighted by atomic mass is 9.91. The second kappa shape index (κ2) is 18.4. The lowest BCUT2D eigenvalue weighted by molar-refractivity contribution is -0.268. The first-order chi connectivity index (χ1) is 27.7. The van der Waals surface area contributed by atoms with E-state index in [9.17, 15) is 18.3 Å². The molecule has 1 saturated heterocycles. The van der Waals surface area contributed by atoms with Crippen molar-refractivity contribution in [2.75, 3.05) is 5.75 Å². The van der Waals surface area contributed by atoms with Crippen LogP contribution < -0.4 is 10.0 Å². The fraction of sp³-hybridized carbons (Fsp3) is 0.256. The topological polar surface area (TPSA) is 158 Å². The fourth-order valence-electron chi connectivity index (χ4n) is 6.58. The van der Waals surface area contributed by atoms with Crippen LogP contribution in [-0.4, -0.2) is 57.5 Å². The summed E-state index contributed by atoms with van der Waals surface area (Å²) in [6, 6.07) is 39.8. The van der Waals surface area contributed by atoms with Crippen molar-refractivity contribution < 1.29 is 27.8 Å². The Kier molecular flexibility index (Phi) is 12.9. The molecule has 0 saturated carbocycles. The van der Waals surface area contributed by atoms with Gasteiger partial charge in [-0.2, -0.15) is 9.40 Å². The Hall–Kier alpha value is -5.22.